The predicted molar refractivity (Wildman–Crippen MR) is 80.1 cm³/mol. The molecule has 2 heterocycles. The molecule has 20 heavy (non-hydrogen) atoms. The molecule has 2 aliphatic rings. The molecule has 2 fully saturated rings. The van der Waals surface area contributed by atoms with Crippen molar-refractivity contribution in [2.24, 2.45) is 5.92 Å². The Bertz CT molecular complexity index is 348. The Labute approximate surface area is 127 Å². The molecule has 0 aliphatic carbocycles. The summed E-state index contributed by atoms with van der Waals surface area (Å²) in [4.78, 5) is 12.0. The lowest BCUT2D eigenvalue weighted by Gasteiger charge is -2.32. The van der Waals surface area contributed by atoms with Crippen molar-refractivity contribution < 1.29 is 18.8 Å². The normalized spacial score (nSPS) is 30.9. The largest absolute Gasteiger partial charge is 0.466 e. The number of rotatable bonds is 3. The minimum absolute atomic E-state index is 0. The number of esters is 1. The van der Waals surface area contributed by atoms with E-state index in [0.29, 0.717) is 13.2 Å². The van der Waals surface area contributed by atoms with Gasteiger partial charge in [0.25, 0.3) is 0 Å². The van der Waals surface area contributed by atoms with E-state index >= 15 is 0 Å². The molecule has 0 aromatic heterocycles. The quantitative estimate of drug-likeness (QED) is 0.635. The van der Waals surface area contributed by atoms with E-state index in [1.165, 1.54) is 0 Å². The summed E-state index contributed by atoms with van der Waals surface area (Å²) < 4.78 is 17.2. The molecule has 0 spiro atoms. The zero-order valence-electron chi connectivity index (χ0n) is 12.9. The highest BCUT2D eigenvalue weighted by atomic mass is 35.5. The van der Waals surface area contributed by atoms with Crippen LogP contribution in [0.15, 0.2) is 0 Å². The number of hydrogen-bond acceptors (Lipinski definition) is 5. The zero-order chi connectivity index (χ0) is 14.3. The van der Waals surface area contributed by atoms with Crippen LogP contribution < -0.4 is 5.32 Å². The van der Waals surface area contributed by atoms with E-state index in [0.717, 1.165) is 6.54 Å². The van der Waals surface area contributed by atoms with Gasteiger partial charge in [-0.25, -0.2) is 0 Å². The molecular formula is C13H25BClNO4. The van der Waals surface area contributed by atoms with E-state index in [4.69, 9.17) is 14.0 Å². The molecule has 0 unspecified atom stereocenters. The van der Waals surface area contributed by atoms with Gasteiger partial charge in [-0.05, 0) is 41.2 Å². The SMILES string of the molecule is CCOC(=O)[C@@H]1CNC[C@H]1B1OC(C)(C)C(C)(C)O1.Cl. The minimum Gasteiger partial charge on any atom is -0.466 e. The molecule has 0 radical (unpaired) electrons. The fourth-order valence-electron chi connectivity index (χ4n) is 2.56. The van der Waals surface area contributed by atoms with Gasteiger partial charge in [-0.3, -0.25) is 4.79 Å². The summed E-state index contributed by atoms with van der Waals surface area (Å²) in [5.41, 5.74) is -0.723. The number of nitrogens with one attached hydrogen (secondary N) is 1. The van der Waals surface area contributed by atoms with Gasteiger partial charge in [-0.2, -0.15) is 0 Å². The van der Waals surface area contributed by atoms with Crippen LogP contribution in [-0.4, -0.2) is 44.0 Å². The third-order valence-electron chi connectivity index (χ3n) is 4.47. The van der Waals surface area contributed by atoms with Crippen LogP contribution in [0.1, 0.15) is 34.6 Å². The van der Waals surface area contributed by atoms with E-state index in [1.54, 1.807) is 0 Å². The van der Waals surface area contributed by atoms with Gasteiger partial charge in [0.05, 0.1) is 23.7 Å². The molecule has 7 heteroatoms. The monoisotopic (exact) mass is 305 g/mol. The van der Waals surface area contributed by atoms with Crippen molar-refractivity contribution in [3.63, 3.8) is 0 Å². The second-order valence-electron chi connectivity index (χ2n) is 6.31. The van der Waals surface area contributed by atoms with Gasteiger partial charge in [0, 0.05) is 12.4 Å². The molecule has 0 saturated carbocycles. The lowest BCUT2D eigenvalue weighted by Crippen LogP contribution is -2.41. The first kappa shape index (κ1) is 17.8. The number of halogens is 1. The summed E-state index contributed by atoms with van der Waals surface area (Å²) in [6, 6.07) is 0. The van der Waals surface area contributed by atoms with Gasteiger partial charge >= 0.3 is 13.1 Å². The molecule has 0 aromatic carbocycles. The number of carbonyl (C=O) groups is 1. The maximum Gasteiger partial charge on any atom is 0.463 e. The molecule has 0 amide bonds. The van der Waals surface area contributed by atoms with Crippen LogP contribution in [-0.2, 0) is 18.8 Å². The number of hydrogen-bond donors (Lipinski definition) is 1. The fraction of sp³-hybridized carbons (Fsp3) is 0.923. The van der Waals surface area contributed by atoms with Crippen LogP contribution in [0, 0.1) is 5.92 Å². The van der Waals surface area contributed by atoms with Gasteiger partial charge < -0.3 is 19.4 Å². The third kappa shape index (κ3) is 3.13. The van der Waals surface area contributed by atoms with E-state index in [-0.39, 0.29) is 48.4 Å². The minimum atomic E-state index is -0.362. The van der Waals surface area contributed by atoms with Gasteiger partial charge in [0.1, 0.15) is 0 Å². The molecular weight excluding hydrogens is 280 g/mol. The summed E-state index contributed by atoms with van der Waals surface area (Å²) in [7, 11) is -0.352. The van der Waals surface area contributed by atoms with Crippen LogP contribution in [0.4, 0.5) is 0 Å². The summed E-state index contributed by atoms with van der Waals surface area (Å²) in [6.07, 6.45) is 0. The first-order valence-electron chi connectivity index (χ1n) is 7.01. The second kappa shape index (κ2) is 6.22. The van der Waals surface area contributed by atoms with Crippen molar-refractivity contribution in [2.75, 3.05) is 19.7 Å². The van der Waals surface area contributed by atoms with Gasteiger partial charge in [-0.15, -0.1) is 12.4 Å². The highest BCUT2D eigenvalue weighted by molar-refractivity contribution is 6.48. The maximum atomic E-state index is 12.0. The molecule has 2 atom stereocenters. The predicted octanol–water partition coefficient (Wildman–Crippen LogP) is 1.65. The van der Waals surface area contributed by atoms with Crippen LogP contribution >= 0.6 is 12.4 Å². The Kier molecular flexibility index (Phi) is 5.52. The number of carbonyl (C=O) groups excluding carboxylic acids is 1. The van der Waals surface area contributed by atoms with Crippen molar-refractivity contribution in [1.29, 1.82) is 0 Å². The van der Waals surface area contributed by atoms with Crippen molar-refractivity contribution >= 4 is 25.5 Å². The van der Waals surface area contributed by atoms with Crippen molar-refractivity contribution in [3.8, 4) is 0 Å². The topological polar surface area (TPSA) is 56.8 Å². The zero-order valence-corrected chi connectivity index (χ0v) is 13.7. The Morgan fingerprint density at radius 1 is 1.25 bits per heavy atom. The fourth-order valence-corrected chi connectivity index (χ4v) is 2.56. The molecule has 116 valence electrons. The summed E-state index contributed by atoms with van der Waals surface area (Å²) in [5, 5.41) is 3.23. The highest BCUT2D eigenvalue weighted by Crippen LogP contribution is 2.42. The van der Waals surface area contributed by atoms with E-state index < -0.39 is 0 Å². The smallest absolute Gasteiger partial charge is 0.463 e. The third-order valence-corrected chi connectivity index (χ3v) is 4.47. The average Bonchev–Trinajstić information content (AvgIpc) is 2.82. The van der Waals surface area contributed by atoms with Gasteiger partial charge in [0.2, 0.25) is 0 Å². The Hall–Kier alpha value is -0.295. The van der Waals surface area contributed by atoms with Crippen molar-refractivity contribution in [1.82, 2.24) is 5.32 Å². The van der Waals surface area contributed by atoms with Crippen molar-refractivity contribution in [3.05, 3.63) is 0 Å². The molecule has 1 N–H and O–H groups in total. The van der Waals surface area contributed by atoms with Crippen LogP contribution in [0.2, 0.25) is 5.82 Å². The number of ether oxygens (including phenoxy) is 1. The molecule has 0 aromatic rings. The standard InChI is InChI=1S/C13H24BNO4.ClH/c1-6-17-11(16)9-7-15-8-10(9)14-18-12(2,3)13(4,5)19-14;/h9-10,15H,6-8H2,1-5H3;1H/t9-,10-;/m1./s1. The lowest BCUT2D eigenvalue weighted by atomic mass is 9.66. The molecule has 5 nitrogen and oxygen atoms in total. The maximum absolute atomic E-state index is 12.0. The van der Waals surface area contributed by atoms with E-state index in [9.17, 15) is 4.79 Å². The van der Waals surface area contributed by atoms with Gasteiger partial charge in [-0.1, -0.05) is 0 Å². The molecule has 2 saturated heterocycles. The highest BCUT2D eigenvalue weighted by Gasteiger charge is 2.56. The second-order valence-corrected chi connectivity index (χ2v) is 6.31. The average molecular weight is 306 g/mol. The van der Waals surface area contributed by atoms with Crippen molar-refractivity contribution in [2.45, 2.75) is 51.6 Å². The summed E-state index contributed by atoms with van der Waals surface area (Å²) in [5.74, 6) is -0.332. The van der Waals surface area contributed by atoms with Crippen LogP contribution in [0.25, 0.3) is 0 Å². The molecule has 2 aliphatic heterocycles. The Balaban J connectivity index is 0.00000200. The van der Waals surface area contributed by atoms with Crippen LogP contribution in [0.5, 0.6) is 0 Å². The lowest BCUT2D eigenvalue weighted by molar-refractivity contribution is -0.147. The summed E-state index contributed by atoms with van der Waals surface area (Å²) >= 11 is 0. The molecule has 0 bridgehead atoms. The Morgan fingerprint density at radius 2 is 1.80 bits per heavy atom. The molecule has 2 rings (SSSR count). The first-order valence-corrected chi connectivity index (χ1v) is 7.01. The first-order chi connectivity index (χ1) is 8.78. The Morgan fingerprint density at radius 3 is 2.30 bits per heavy atom. The van der Waals surface area contributed by atoms with E-state index in [2.05, 4.69) is 5.32 Å². The summed E-state index contributed by atoms with van der Waals surface area (Å²) in [6.45, 7) is 11.7. The van der Waals surface area contributed by atoms with E-state index in [1.807, 2.05) is 34.6 Å². The van der Waals surface area contributed by atoms with Gasteiger partial charge in [0.15, 0.2) is 0 Å². The van der Waals surface area contributed by atoms with Crippen LogP contribution in [0.3, 0.4) is 0 Å².